The Morgan fingerprint density at radius 2 is 1.35 bits per heavy atom. The number of hydrogen-bond acceptors (Lipinski definition) is 2. The summed E-state index contributed by atoms with van der Waals surface area (Å²) in [7, 11) is 0. The van der Waals surface area contributed by atoms with Gasteiger partial charge in [0.2, 0.25) is 0 Å². The molecule has 2 aliphatic rings. The van der Waals surface area contributed by atoms with E-state index in [0.29, 0.717) is 0 Å². The topological polar surface area (TPSA) is 21.6 Å². The Balaban J connectivity index is 1.83. The van der Waals surface area contributed by atoms with E-state index in [2.05, 4.69) is 84.9 Å². The molecule has 0 N–H and O–H groups in total. The van der Waals surface area contributed by atoms with Gasteiger partial charge in [0.15, 0.2) is 0 Å². The van der Waals surface area contributed by atoms with Crippen LogP contribution in [0, 0.1) is 20.8 Å². The second-order valence-electron chi connectivity index (χ2n) is 8.78. The molecule has 3 heteroatoms. The van der Waals surface area contributed by atoms with Crippen molar-refractivity contribution in [3.8, 4) is 0 Å². The minimum absolute atomic E-state index is 0.0485. The first-order chi connectivity index (χ1) is 12.1. The Kier molecular flexibility index (Phi) is 3.89. The molecule has 2 aromatic rings. The molecule has 0 radical (unpaired) electrons. The fourth-order valence-corrected chi connectivity index (χ4v) is 9.58. The SMILES string of the molecule is Cc1cc(C)c(C2=NOC3([Te]2)C(C)(C)c2ccccc2C3(C)C)c(C)c1. The molecule has 1 aliphatic carbocycles. The van der Waals surface area contributed by atoms with Crippen LogP contribution in [-0.4, -0.2) is 28.3 Å². The average Bonchev–Trinajstić information content (AvgIpc) is 3.05. The molecule has 136 valence electrons. The molecular weight excluding hydrogens is 434 g/mol. The molecule has 0 saturated carbocycles. The van der Waals surface area contributed by atoms with Crippen molar-refractivity contribution in [3.63, 3.8) is 0 Å². The number of nitrogens with zero attached hydrogens (tertiary/aromatic N) is 1. The van der Waals surface area contributed by atoms with Crippen molar-refractivity contribution in [3.05, 3.63) is 69.8 Å². The van der Waals surface area contributed by atoms with Gasteiger partial charge in [-0.3, -0.25) is 0 Å². The van der Waals surface area contributed by atoms with E-state index >= 15 is 0 Å². The van der Waals surface area contributed by atoms with Gasteiger partial charge < -0.3 is 0 Å². The van der Waals surface area contributed by atoms with Crippen molar-refractivity contribution in [2.45, 2.75) is 62.9 Å². The van der Waals surface area contributed by atoms with Gasteiger partial charge in [-0.2, -0.15) is 0 Å². The third-order valence-corrected chi connectivity index (χ3v) is 11.6. The second-order valence-corrected chi connectivity index (χ2v) is 12.1. The average molecular weight is 461 g/mol. The Labute approximate surface area is 167 Å². The van der Waals surface area contributed by atoms with Crippen LogP contribution in [0.4, 0.5) is 0 Å². The molecule has 1 spiro atoms. The van der Waals surface area contributed by atoms with Gasteiger partial charge in [0.25, 0.3) is 0 Å². The molecule has 26 heavy (non-hydrogen) atoms. The molecule has 4 rings (SSSR count). The first-order valence-corrected chi connectivity index (χ1v) is 11.6. The Morgan fingerprint density at radius 3 is 1.85 bits per heavy atom. The third-order valence-electron chi connectivity index (χ3n) is 6.31. The molecule has 1 heterocycles. The summed E-state index contributed by atoms with van der Waals surface area (Å²) >= 11 is -0.668. The zero-order valence-electron chi connectivity index (χ0n) is 16.7. The summed E-state index contributed by atoms with van der Waals surface area (Å²) < 4.78 is 0.993. The van der Waals surface area contributed by atoms with Gasteiger partial charge in [-0.25, -0.2) is 0 Å². The third kappa shape index (κ3) is 2.14. The molecule has 0 unspecified atom stereocenters. The summed E-state index contributed by atoms with van der Waals surface area (Å²) in [4.78, 5) is 6.47. The van der Waals surface area contributed by atoms with E-state index in [0.717, 1.165) is 0 Å². The minimum atomic E-state index is -0.668. The van der Waals surface area contributed by atoms with Gasteiger partial charge in [0.05, 0.1) is 0 Å². The zero-order valence-corrected chi connectivity index (χ0v) is 19.1. The van der Waals surface area contributed by atoms with E-state index < -0.39 is 20.9 Å². The number of aryl methyl sites for hydroxylation is 3. The van der Waals surface area contributed by atoms with Crippen molar-refractivity contribution in [1.29, 1.82) is 0 Å². The number of hydrogen-bond donors (Lipinski definition) is 0. The summed E-state index contributed by atoms with van der Waals surface area (Å²) in [6.45, 7) is 16.0. The summed E-state index contributed by atoms with van der Waals surface area (Å²) in [6, 6.07) is 13.4. The molecule has 0 fully saturated rings. The van der Waals surface area contributed by atoms with Gasteiger partial charge in [-0.05, 0) is 0 Å². The van der Waals surface area contributed by atoms with Gasteiger partial charge in [0.1, 0.15) is 0 Å². The van der Waals surface area contributed by atoms with Crippen LogP contribution >= 0.6 is 0 Å². The quantitative estimate of drug-likeness (QED) is 0.550. The summed E-state index contributed by atoms with van der Waals surface area (Å²) in [6.07, 6.45) is 0. The van der Waals surface area contributed by atoms with Crippen molar-refractivity contribution in [1.82, 2.24) is 0 Å². The Hall–Kier alpha value is -1.30. The molecule has 2 aromatic carbocycles. The fourth-order valence-electron chi connectivity index (χ4n) is 5.09. The van der Waals surface area contributed by atoms with Gasteiger partial charge in [-0.1, -0.05) is 0 Å². The van der Waals surface area contributed by atoms with Crippen LogP contribution in [0.1, 0.15) is 61.1 Å². The van der Waals surface area contributed by atoms with Crippen LogP contribution in [0.5, 0.6) is 0 Å². The zero-order chi connectivity index (χ0) is 18.9. The van der Waals surface area contributed by atoms with Gasteiger partial charge >= 0.3 is 167 Å². The molecule has 0 saturated heterocycles. The van der Waals surface area contributed by atoms with E-state index in [-0.39, 0.29) is 14.5 Å². The van der Waals surface area contributed by atoms with Crippen LogP contribution < -0.4 is 0 Å². The predicted octanol–water partition coefficient (Wildman–Crippen LogP) is 4.97. The summed E-state index contributed by atoms with van der Waals surface area (Å²) in [5.74, 6) is 0. The van der Waals surface area contributed by atoms with Crippen molar-refractivity contribution in [2.24, 2.45) is 5.16 Å². The number of rotatable bonds is 1. The summed E-state index contributed by atoms with van der Waals surface area (Å²) in [5, 5.41) is 4.74. The molecule has 0 atom stereocenters. The Morgan fingerprint density at radius 1 is 0.846 bits per heavy atom. The molecule has 2 nitrogen and oxygen atoms in total. The van der Waals surface area contributed by atoms with Crippen molar-refractivity contribution in [2.75, 3.05) is 0 Å². The van der Waals surface area contributed by atoms with Crippen LogP contribution in [0.2, 0.25) is 0 Å². The summed E-state index contributed by atoms with van der Waals surface area (Å²) in [5.41, 5.74) is 8.01. The van der Waals surface area contributed by atoms with Crippen LogP contribution in [0.15, 0.2) is 41.6 Å². The van der Waals surface area contributed by atoms with Gasteiger partial charge in [-0.15, -0.1) is 0 Å². The fraction of sp³-hybridized carbons (Fsp3) is 0.435. The van der Waals surface area contributed by atoms with Crippen LogP contribution in [-0.2, 0) is 15.7 Å². The van der Waals surface area contributed by atoms with E-state index in [9.17, 15) is 0 Å². The van der Waals surface area contributed by atoms with E-state index in [1.807, 2.05) is 0 Å². The number of fused-ring (bicyclic) bond motifs is 1. The van der Waals surface area contributed by atoms with Gasteiger partial charge in [0, 0.05) is 0 Å². The maximum atomic E-state index is 6.47. The number of oxime groups is 1. The molecule has 0 amide bonds. The molecule has 0 bridgehead atoms. The molecular formula is C23H27NOTe. The Bertz CT molecular complexity index is 881. The second kappa shape index (κ2) is 5.60. The van der Waals surface area contributed by atoms with E-state index in [1.54, 1.807) is 0 Å². The van der Waals surface area contributed by atoms with Crippen LogP contribution in [0.25, 0.3) is 0 Å². The van der Waals surface area contributed by atoms with E-state index in [4.69, 9.17) is 9.99 Å². The van der Waals surface area contributed by atoms with Crippen LogP contribution in [0.3, 0.4) is 0 Å². The number of benzene rings is 2. The predicted molar refractivity (Wildman–Crippen MR) is 109 cm³/mol. The van der Waals surface area contributed by atoms with E-state index in [1.165, 1.54) is 37.1 Å². The van der Waals surface area contributed by atoms with Crippen molar-refractivity contribution >= 4 is 24.7 Å². The first kappa shape index (κ1) is 18.1. The standard InChI is InChI=1S/C23H27NOTe/c1-14-12-15(2)19(16(3)13-14)20-24-25-23(26-20)21(4,5)17-10-8-9-11-18(17)22(23,6)7/h8-13H,1-7H3. The maximum absolute atomic E-state index is 6.47. The monoisotopic (exact) mass is 463 g/mol. The normalized spacial score (nSPS) is 21.4. The first-order valence-electron chi connectivity index (χ1n) is 9.25. The molecule has 1 aliphatic heterocycles. The molecule has 0 aromatic heterocycles. The van der Waals surface area contributed by atoms with Crippen molar-refractivity contribution < 1.29 is 4.84 Å².